The highest BCUT2D eigenvalue weighted by molar-refractivity contribution is 6.15. The van der Waals surface area contributed by atoms with Crippen molar-refractivity contribution in [3.05, 3.63) is 65.5 Å². The third-order valence-corrected chi connectivity index (χ3v) is 7.51. The molecule has 4 aliphatic heterocycles. The molecule has 1 N–H and O–H groups in total. The van der Waals surface area contributed by atoms with Crippen LogP contribution >= 0.6 is 0 Å². The number of hydrogen-bond donors (Lipinski definition) is 1. The fraction of sp³-hybridized carbons (Fsp3) is 0.375. The summed E-state index contributed by atoms with van der Waals surface area (Å²) < 4.78 is 14.3. The standard InChI is InChI=1S/C24H22FN3O3/c25-15-8-9-17-16(13-15)24(23(31)26-17)20-19(18-7-4-11-28(18)24)21(29)27(22(20)30)12-10-14-5-2-1-3-6-14/h1-3,5-6,8-9,13,18-20H,4,7,10-12H2,(H,26,31)/t18?,19-,20+,24?/m1/s1. The first-order chi connectivity index (χ1) is 15.0. The Bertz CT molecular complexity index is 1120. The molecule has 0 bridgehead atoms. The molecule has 0 radical (unpaired) electrons. The molecule has 6 nitrogen and oxygen atoms in total. The largest absolute Gasteiger partial charge is 0.324 e. The molecule has 3 saturated heterocycles. The van der Waals surface area contributed by atoms with E-state index in [0.29, 0.717) is 24.2 Å². The van der Waals surface area contributed by atoms with Gasteiger partial charge in [-0.1, -0.05) is 30.3 Å². The van der Waals surface area contributed by atoms with Gasteiger partial charge in [0.1, 0.15) is 11.4 Å². The van der Waals surface area contributed by atoms with E-state index in [1.54, 1.807) is 6.07 Å². The number of benzene rings is 2. The molecular weight excluding hydrogens is 397 g/mol. The smallest absolute Gasteiger partial charge is 0.250 e. The summed E-state index contributed by atoms with van der Waals surface area (Å²) in [6, 6.07) is 13.7. The van der Waals surface area contributed by atoms with Gasteiger partial charge in [-0.2, -0.15) is 0 Å². The SMILES string of the molecule is O=C1[C@@H]2C3CCCN3C3(C(=O)Nc4ccc(F)cc43)[C@@H]2C(=O)N1CCc1ccccc1. The summed E-state index contributed by atoms with van der Waals surface area (Å²) in [4.78, 5) is 43.9. The van der Waals surface area contributed by atoms with Gasteiger partial charge in [-0.15, -0.1) is 0 Å². The molecule has 2 unspecified atom stereocenters. The molecular formula is C24H22FN3O3. The lowest BCUT2D eigenvalue weighted by molar-refractivity contribution is -0.145. The van der Waals surface area contributed by atoms with Crippen molar-refractivity contribution < 1.29 is 18.8 Å². The molecule has 2 aromatic rings. The molecule has 1 spiro atoms. The van der Waals surface area contributed by atoms with E-state index in [4.69, 9.17) is 0 Å². The Kier molecular flexibility index (Phi) is 3.90. The van der Waals surface area contributed by atoms with E-state index in [9.17, 15) is 18.8 Å². The molecule has 3 amide bonds. The van der Waals surface area contributed by atoms with E-state index in [2.05, 4.69) is 5.32 Å². The van der Waals surface area contributed by atoms with Crippen molar-refractivity contribution in [3.8, 4) is 0 Å². The lowest BCUT2D eigenvalue weighted by Crippen LogP contribution is -2.54. The average molecular weight is 419 g/mol. The Hall–Kier alpha value is -3.06. The van der Waals surface area contributed by atoms with E-state index in [-0.39, 0.29) is 30.3 Å². The number of hydrogen-bond acceptors (Lipinski definition) is 4. The van der Waals surface area contributed by atoms with Crippen molar-refractivity contribution in [3.63, 3.8) is 0 Å². The summed E-state index contributed by atoms with van der Waals surface area (Å²) in [7, 11) is 0. The van der Waals surface area contributed by atoms with Crippen molar-refractivity contribution in [2.75, 3.05) is 18.4 Å². The van der Waals surface area contributed by atoms with Crippen molar-refractivity contribution in [1.29, 1.82) is 0 Å². The summed E-state index contributed by atoms with van der Waals surface area (Å²) in [6.45, 7) is 0.903. The molecule has 0 aromatic heterocycles. The van der Waals surface area contributed by atoms with Gasteiger partial charge in [0, 0.05) is 23.8 Å². The number of amides is 3. The van der Waals surface area contributed by atoms with E-state index in [1.807, 2.05) is 35.2 Å². The van der Waals surface area contributed by atoms with Crippen LogP contribution in [0.1, 0.15) is 24.0 Å². The van der Waals surface area contributed by atoms with Crippen molar-refractivity contribution in [2.45, 2.75) is 30.8 Å². The molecule has 158 valence electrons. The Balaban J connectivity index is 1.43. The van der Waals surface area contributed by atoms with E-state index >= 15 is 0 Å². The van der Waals surface area contributed by atoms with Gasteiger partial charge in [0.05, 0.1) is 11.8 Å². The number of rotatable bonds is 3. The van der Waals surface area contributed by atoms with Gasteiger partial charge >= 0.3 is 0 Å². The van der Waals surface area contributed by atoms with Crippen LogP contribution in [0, 0.1) is 17.7 Å². The predicted molar refractivity (Wildman–Crippen MR) is 110 cm³/mol. The van der Waals surface area contributed by atoms with Gasteiger partial charge in [-0.05, 0) is 49.6 Å². The van der Waals surface area contributed by atoms with Crippen LogP contribution in [0.2, 0.25) is 0 Å². The summed E-state index contributed by atoms with van der Waals surface area (Å²) in [5, 5.41) is 2.86. The number of nitrogens with zero attached hydrogens (tertiary/aromatic N) is 2. The van der Waals surface area contributed by atoms with Crippen LogP contribution in [0.3, 0.4) is 0 Å². The zero-order valence-electron chi connectivity index (χ0n) is 16.9. The van der Waals surface area contributed by atoms with E-state index in [1.165, 1.54) is 17.0 Å². The second-order valence-electron chi connectivity index (χ2n) is 8.88. The minimum absolute atomic E-state index is 0.178. The maximum atomic E-state index is 14.3. The first kappa shape index (κ1) is 18.7. The molecule has 31 heavy (non-hydrogen) atoms. The minimum atomic E-state index is -1.31. The number of likely N-dealkylation sites (tertiary alicyclic amines) is 1. The Labute approximate surface area is 179 Å². The summed E-state index contributed by atoms with van der Waals surface area (Å²) in [5.74, 6) is -2.66. The van der Waals surface area contributed by atoms with Gasteiger partial charge in [0.15, 0.2) is 0 Å². The zero-order valence-corrected chi connectivity index (χ0v) is 16.9. The van der Waals surface area contributed by atoms with Crippen LogP contribution in [-0.4, -0.2) is 46.7 Å². The Morgan fingerprint density at radius 1 is 1.06 bits per heavy atom. The first-order valence-corrected chi connectivity index (χ1v) is 10.8. The second kappa shape index (κ2) is 6.47. The lowest BCUT2D eigenvalue weighted by atomic mass is 9.75. The monoisotopic (exact) mass is 419 g/mol. The maximum absolute atomic E-state index is 14.3. The molecule has 3 fully saturated rings. The van der Waals surface area contributed by atoms with Gasteiger partial charge in [-0.3, -0.25) is 24.2 Å². The topological polar surface area (TPSA) is 69.7 Å². The number of nitrogens with one attached hydrogen (secondary N) is 1. The lowest BCUT2D eigenvalue weighted by Gasteiger charge is -2.36. The van der Waals surface area contributed by atoms with Crippen LogP contribution in [0.25, 0.3) is 0 Å². The van der Waals surface area contributed by atoms with Gasteiger partial charge < -0.3 is 5.32 Å². The molecule has 4 heterocycles. The van der Waals surface area contributed by atoms with Crippen LogP contribution in [0.4, 0.5) is 10.1 Å². The normalized spacial score (nSPS) is 31.3. The number of imide groups is 1. The fourth-order valence-corrected chi connectivity index (χ4v) is 6.34. The molecule has 7 heteroatoms. The van der Waals surface area contributed by atoms with E-state index in [0.717, 1.165) is 18.4 Å². The fourth-order valence-electron chi connectivity index (χ4n) is 6.34. The van der Waals surface area contributed by atoms with Gasteiger partial charge in [-0.25, -0.2) is 4.39 Å². The molecule has 4 atom stereocenters. The second-order valence-corrected chi connectivity index (χ2v) is 8.88. The Morgan fingerprint density at radius 2 is 1.87 bits per heavy atom. The summed E-state index contributed by atoms with van der Waals surface area (Å²) >= 11 is 0. The van der Waals surface area contributed by atoms with Gasteiger partial charge in [0.2, 0.25) is 17.7 Å². The number of carbonyl (C=O) groups is 3. The number of anilines is 1. The Morgan fingerprint density at radius 3 is 2.68 bits per heavy atom. The molecule has 0 saturated carbocycles. The number of carbonyl (C=O) groups excluding carboxylic acids is 3. The summed E-state index contributed by atoms with van der Waals surface area (Å²) in [5.41, 5.74) is 0.754. The maximum Gasteiger partial charge on any atom is 0.250 e. The average Bonchev–Trinajstić information content (AvgIpc) is 3.47. The third kappa shape index (κ3) is 2.32. The predicted octanol–water partition coefficient (Wildman–Crippen LogP) is 2.29. The van der Waals surface area contributed by atoms with Crippen LogP contribution in [-0.2, 0) is 26.3 Å². The summed E-state index contributed by atoms with van der Waals surface area (Å²) in [6.07, 6.45) is 2.17. The molecule has 2 aromatic carbocycles. The number of fused-ring (bicyclic) bond motifs is 7. The van der Waals surface area contributed by atoms with Crippen molar-refractivity contribution >= 4 is 23.4 Å². The molecule has 0 aliphatic carbocycles. The highest BCUT2D eigenvalue weighted by atomic mass is 19.1. The van der Waals surface area contributed by atoms with Crippen LogP contribution in [0.5, 0.6) is 0 Å². The van der Waals surface area contributed by atoms with Crippen molar-refractivity contribution in [1.82, 2.24) is 9.80 Å². The zero-order chi connectivity index (χ0) is 21.3. The molecule has 4 aliphatic rings. The highest BCUT2D eigenvalue weighted by Gasteiger charge is 2.74. The van der Waals surface area contributed by atoms with Gasteiger partial charge in [0.25, 0.3) is 0 Å². The van der Waals surface area contributed by atoms with Crippen LogP contribution < -0.4 is 5.32 Å². The quantitative estimate of drug-likeness (QED) is 0.776. The molecule has 6 rings (SSSR count). The third-order valence-electron chi connectivity index (χ3n) is 7.51. The van der Waals surface area contributed by atoms with Crippen molar-refractivity contribution in [2.24, 2.45) is 11.8 Å². The minimum Gasteiger partial charge on any atom is -0.324 e. The highest BCUT2D eigenvalue weighted by Crippen LogP contribution is 2.60. The first-order valence-electron chi connectivity index (χ1n) is 10.8. The number of halogens is 1. The van der Waals surface area contributed by atoms with E-state index < -0.39 is 23.2 Å². The van der Waals surface area contributed by atoms with Crippen LogP contribution in [0.15, 0.2) is 48.5 Å².